The molecule has 1 fully saturated rings. The van der Waals surface area contributed by atoms with Crippen molar-refractivity contribution in [3.05, 3.63) is 41.3 Å². The molecule has 1 unspecified atom stereocenters. The van der Waals surface area contributed by atoms with E-state index in [9.17, 15) is 13.2 Å². The fourth-order valence-electron chi connectivity index (χ4n) is 2.09. The highest BCUT2D eigenvalue weighted by Crippen LogP contribution is 2.26. The van der Waals surface area contributed by atoms with Gasteiger partial charge in [0.2, 0.25) is 15.9 Å². The van der Waals surface area contributed by atoms with Gasteiger partial charge >= 0.3 is 0 Å². The Morgan fingerprint density at radius 2 is 2.09 bits per heavy atom. The molecule has 1 amide bonds. The van der Waals surface area contributed by atoms with E-state index in [2.05, 4.69) is 0 Å². The van der Waals surface area contributed by atoms with E-state index in [1.54, 1.807) is 18.0 Å². The minimum atomic E-state index is -3.61. The van der Waals surface area contributed by atoms with Crippen LogP contribution in [-0.2, 0) is 14.8 Å². The van der Waals surface area contributed by atoms with E-state index >= 15 is 0 Å². The van der Waals surface area contributed by atoms with Crippen LogP contribution in [0.1, 0.15) is 12.5 Å². The van der Waals surface area contributed by atoms with E-state index in [-0.39, 0.29) is 5.91 Å². The summed E-state index contributed by atoms with van der Waals surface area (Å²) in [5, 5.41) is 1.18. The van der Waals surface area contributed by atoms with Gasteiger partial charge < -0.3 is 4.90 Å². The van der Waals surface area contributed by atoms with Crippen molar-refractivity contribution in [2.24, 2.45) is 0 Å². The molecule has 1 aliphatic heterocycles. The monoisotopic (exact) mass is 340 g/mol. The molecule has 2 rings (SSSR count). The van der Waals surface area contributed by atoms with E-state index < -0.39 is 16.1 Å². The molecule has 7 heteroatoms. The molecule has 1 saturated heterocycles. The highest BCUT2D eigenvalue weighted by molar-refractivity contribution is 8.01. The van der Waals surface area contributed by atoms with Gasteiger partial charge in [0.1, 0.15) is 6.04 Å². The van der Waals surface area contributed by atoms with Crippen LogP contribution in [0.3, 0.4) is 0 Å². The SMILES string of the molecule is CCN(C)C(=O)C1CSCN1S(=O)(=O)C=Cc1ccccc1. The molecule has 0 radical (unpaired) electrons. The highest BCUT2D eigenvalue weighted by atomic mass is 32.2. The first-order valence-electron chi connectivity index (χ1n) is 7.03. The van der Waals surface area contributed by atoms with Gasteiger partial charge in [0.25, 0.3) is 0 Å². The summed E-state index contributed by atoms with van der Waals surface area (Å²) < 4.78 is 26.3. The number of hydrogen-bond acceptors (Lipinski definition) is 4. The number of sulfonamides is 1. The Hall–Kier alpha value is -1.31. The second kappa shape index (κ2) is 7.30. The molecule has 0 saturated carbocycles. The predicted molar refractivity (Wildman–Crippen MR) is 90.7 cm³/mol. The maximum atomic E-state index is 12.5. The van der Waals surface area contributed by atoms with Crippen LogP contribution in [0.4, 0.5) is 0 Å². The number of nitrogens with zero attached hydrogens (tertiary/aromatic N) is 2. The minimum Gasteiger partial charge on any atom is -0.345 e. The summed E-state index contributed by atoms with van der Waals surface area (Å²) in [5.41, 5.74) is 0.812. The smallest absolute Gasteiger partial charge is 0.241 e. The van der Waals surface area contributed by atoms with Gasteiger partial charge in [0.05, 0.1) is 5.88 Å². The number of rotatable bonds is 5. The second-order valence-electron chi connectivity index (χ2n) is 5.01. The first-order valence-corrected chi connectivity index (χ1v) is 9.69. The Morgan fingerprint density at radius 1 is 1.41 bits per heavy atom. The van der Waals surface area contributed by atoms with Crippen LogP contribution < -0.4 is 0 Å². The minimum absolute atomic E-state index is 0.149. The lowest BCUT2D eigenvalue weighted by Crippen LogP contribution is -2.47. The highest BCUT2D eigenvalue weighted by Gasteiger charge is 2.39. The van der Waals surface area contributed by atoms with Crippen LogP contribution in [0.5, 0.6) is 0 Å². The van der Waals surface area contributed by atoms with Crippen LogP contribution >= 0.6 is 11.8 Å². The second-order valence-corrected chi connectivity index (χ2v) is 7.78. The van der Waals surface area contributed by atoms with Gasteiger partial charge in [-0.25, -0.2) is 8.42 Å². The van der Waals surface area contributed by atoms with Gasteiger partial charge in [-0.3, -0.25) is 4.79 Å². The molecule has 0 N–H and O–H groups in total. The summed E-state index contributed by atoms with van der Waals surface area (Å²) in [6.45, 7) is 2.43. The Balaban J connectivity index is 2.17. The van der Waals surface area contributed by atoms with Crippen LogP contribution in [0.15, 0.2) is 35.7 Å². The van der Waals surface area contributed by atoms with Gasteiger partial charge in [0, 0.05) is 24.8 Å². The predicted octanol–water partition coefficient (Wildman–Crippen LogP) is 1.84. The Morgan fingerprint density at radius 3 is 2.73 bits per heavy atom. The largest absolute Gasteiger partial charge is 0.345 e. The Bertz CT molecular complexity index is 644. The molecule has 1 aromatic rings. The van der Waals surface area contributed by atoms with E-state index in [0.717, 1.165) is 5.56 Å². The molecule has 120 valence electrons. The molecule has 0 bridgehead atoms. The number of amides is 1. The van der Waals surface area contributed by atoms with Crippen LogP contribution in [0.2, 0.25) is 0 Å². The third kappa shape index (κ3) is 3.91. The molecular formula is C15H20N2O3S2. The van der Waals surface area contributed by atoms with Crippen LogP contribution in [0, 0.1) is 0 Å². The molecule has 1 atom stereocenters. The van der Waals surface area contributed by atoms with Crippen molar-refractivity contribution in [2.45, 2.75) is 13.0 Å². The summed E-state index contributed by atoms with van der Waals surface area (Å²) in [7, 11) is -1.92. The first kappa shape index (κ1) is 17.1. The van der Waals surface area contributed by atoms with E-state index in [0.29, 0.717) is 18.2 Å². The zero-order valence-electron chi connectivity index (χ0n) is 12.7. The van der Waals surface area contributed by atoms with Crippen molar-refractivity contribution in [1.29, 1.82) is 0 Å². The summed E-state index contributed by atoms with van der Waals surface area (Å²) in [4.78, 5) is 13.8. The molecule has 0 aliphatic carbocycles. The molecule has 0 aromatic heterocycles. The molecule has 5 nitrogen and oxygen atoms in total. The van der Waals surface area contributed by atoms with E-state index in [1.165, 1.54) is 21.5 Å². The number of carbonyl (C=O) groups is 1. The fraction of sp³-hybridized carbons (Fsp3) is 0.400. The molecule has 1 aromatic carbocycles. The zero-order valence-corrected chi connectivity index (χ0v) is 14.3. The molecule has 22 heavy (non-hydrogen) atoms. The van der Waals surface area contributed by atoms with Crippen molar-refractivity contribution in [3.8, 4) is 0 Å². The van der Waals surface area contributed by atoms with Gasteiger partial charge in [-0.1, -0.05) is 30.3 Å². The molecule has 0 spiro atoms. The van der Waals surface area contributed by atoms with E-state index in [4.69, 9.17) is 0 Å². The quantitative estimate of drug-likeness (QED) is 0.821. The Labute approximate surface area is 136 Å². The number of benzene rings is 1. The van der Waals surface area contributed by atoms with E-state index in [1.807, 2.05) is 37.3 Å². The lowest BCUT2D eigenvalue weighted by Gasteiger charge is -2.25. The Kier molecular flexibility index (Phi) is 5.66. The third-order valence-electron chi connectivity index (χ3n) is 3.54. The lowest BCUT2D eigenvalue weighted by atomic mass is 10.2. The molecule has 1 aliphatic rings. The average molecular weight is 340 g/mol. The molecule has 1 heterocycles. The van der Waals surface area contributed by atoms with Crippen molar-refractivity contribution in [3.63, 3.8) is 0 Å². The lowest BCUT2D eigenvalue weighted by molar-refractivity contribution is -0.132. The van der Waals surface area contributed by atoms with Gasteiger partial charge in [-0.2, -0.15) is 4.31 Å². The zero-order chi connectivity index (χ0) is 16.2. The maximum Gasteiger partial charge on any atom is 0.241 e. The van der Waals surface area contributed by atoms with Crippen LogP contribution in [-0.4, -0.2) is 54.8 Å². The fourth-order valence-corrected chi connectivity index (χ4v) is 5.01. The van der Waals surface area contributed by atoms with Crippen molar-refractivity contribution >= 4 is 33.8 Å². The average Bonchev–Trinajstić information content (AvgIpc) is 3.03. The summed E-state index contributed by atoms with van der Waals surface area (Å²) in [5.74, 6) is 0.668. The standard InChI is InChI=1S/C15H20N2O3S2/c1-3-16(2)15(18)14-11-21-12-17(14)22(19,20)10-9-13-7-5-4-6-8-13/h4-10,14H,3,11-12H2,1-2H3. The van der Waals surface area contributed by atoms with Crippen molar-refractivity contribution < 1.29 is 13.2 Å². The van der Waals surface area contributed by atoms with Crippen molar-refractivity contribution in [2.75, 3.05) is 25.2 Å². The van der Waals surface area contributed by atoms with Crippen LogP contribution in [0.25, 0.3) is 6.08 Å². The third-order valence-corrected chi connectivity index (χ3v) is 6.23. The number of hydrogen-bond donors (Lipinski definition) is 0. The maximum absolute atomic E-state index is 12.5. The number of thioether (sulfide) groups is 1. The van der Waals surface area contributed by atoms with Gasteiger partial charge in [0.15, 0.2) is 0 Å². The normalized spacial score (nSPS) is 19.6. The summed E-state index contributed by atoms with van der Waals surface area (Å²) in [6.07, 6.45) is 1.56. The van der Waals surface area contributed by atoms with Crippen molar-refractivity contribution in [1.82, 2.24) is 9.21 Å². The number of likely N-dealkylation sites (N-methyl/N-ethyl adjacent to an activating group) is 1. The molecular weight excluding hydrogens is 320 g/mol. The summed E-state index contributed by atoms with van der Waals surface area (Å²) >= 11 is 1.46. The summed E-state index contributed by atoms with van der Waals surface area (Å²) in [6, 6.07) is 8.62. The van der Waals surface area contributed by atoms with Gasteiger partial charge in [-0.05, 0) is 18.6 Å². The first-order chi connectivity index (χ1) is 10.5. The topological polar surface area (TPSA) is 57.7 Å². The van der Waals surface area contributed by atoms with Gasteiger partial charge in [-0.15, -0.1) is 11.8 Å². The number of carbonyl (C=O) groups excluding carboxylic acids is 1.